The fraction of sp³-hybridized carbons (Fsp3) is 0.583. The molecule has 0 radical (unpaired) electrons. The normalized spacial score (nSPS) is 10.4. The lowest BCUT2D eigenvalue weighted by molar-refractivity contribution is -0.127. The molecule has 0 spiro atoms. The smallest absolute Gasteiger partial charge is 0.330 e. The number of likely N-dealkylation sites (N-methyl/N-ethyl adjacent to an activating group) is 1. The zero-order chi connectivity index (χ0) is 16.0. The highest BCUT2D eigenvalue weighted by atomic mass is 16.5. The Bertz CT molecular complexity index is 607. The molecule has 1 aromatic rings. The van der Waals surface area contributed by atoms with Crippen LogP contribution >= 0.6 is 0 Å². The van der Waals surface area contributed by atoms with E-state index >= 15 is 0 Å². The Hall–Kier alpha value is -2.29. The van der Waals surface area contributed by atoms with E-state index in [0.29, 0.717) is 6.54 Å². The van der Waals surface area contributed by atoms with Crippen molar-refractivity contribution < 1.29 is 9.53 Å². The van der Waals surface area contributed by atoms with E-state index in [4.69, 9.17) is 10.5 Å². The van der Waals surface area contributed by atoms with Crippen molar-refractivity contribution in [2.45, 2.75) is 13.5 Å². The molecule has 0 atom stereocenters. The van der Waals surface area contributed by atoms with Crippen molar-refractivity contribution in [2.75, 3.05) is 44.9 Å². The fourth-order valence-corrected chi connectivity index (χ4v) is 1.64. The highest BCUT2D eigenvalue weighted by Gasteiger charge is 2.14. The van der Waals surface area contributed by atoms with Crippen molar-refractivity contribution in [3.63, 3.8) is 0 Å². The van der Waals surface area contributed by atoms with E-state index < -0.39 is 11.2 Å². The summed E-state index contributed by atoms with van der Waals surface area (Å²) >= 11 is 0. The van der Waals surface area contributed by atoms with Crippen LogP contribution in [0.2, 0.25) is 0 Å². The van der Waals surface area contributed by atoms with E-state index in [9.17, 15) is 14.4 Å². The zero-order valence-electron chi connectivity index (χ0n) is 12.4. The van der Waals surface area contributed by atoms with Crippen LogP contribution in [-0.2, 0) is 16.1 Å². The molecule has 4 N–H and O–H groups in total. The van der Waals surface area contributed by atoms with E-state index in [-0.39, 0.29) is 37.1 Å². The second kappa shape index (κ2) is 7.48. The molecule has 9 heteroatoms. The molecule has 1 amide bonds. The zero-order valence-corrected chi connectivity index (χ0v) is 12.4. The van der Waals surface area contributed by atoms with Crippen molar-refractivity contribution in [1.82, 2.24) is 14.5 Å². The maximum atomic E-state index is 11.8. The molecule has 0 bridgehead atoms. The van der Waals surface area contributed by atoms with Crippen molar-refractivity contribution in [3.8, 4) is 0 Å². The monoisotopic (exact) mass is 299 g/mol. The van der Waals surface area contributed by atoms with Gasteiger partial charge in [0.1, 0.15) is 11.5 Å². The number of carbonyl (C=O) groups is 1. The molecule has 0 aliphatic rings. The van der Waals surface area contributed by atoms with Crippen LogP contribution in [0.5, 0.6) is 0 Å². The number of nitrogens with one attached hydrogen (secondary N) is 2. The summed E-state index contributed by atoms with van der Waals surface area (Å²) < 4.78 is 6.06. The van der Waals surface area contributed by atoms with Crippen molar-refractivity contribution in [1.29, 1.82) is 0 Å². The van der Waals surface area contributed by atoms with Crippen LogP contribution in [0.15, 0.2) is 9.59 Å². The molecule has 0 unspecified atom stereocenters. The molecule has 1 rings (SSSR count). The van der Waals surface area contributed by atoms with Crippen LogP contribution < -0.4 is 22.3 Å². The summed E-state index contributed by atoms with van der Waals surface area (Å²) in [4.78, 5) is 38.8. The van der Waals surface area contributed by atoms with Gasteiger partial charge in [-0.1, -0.05) is 0 Å². The first-order valence-electron chi connectivity index (χ1n) is 6.51. The summed E-state index contributed by atoms with van der Waals surface area (Å²) in [6, 6.07) is 0. The molecule has 0 aliphatic carbocycles. The van der Waals surface area contributed by atoms with Gasteiger partial charge in [0, 0.05) is 20.7 Å². The first kappa shape index (κ1) is 16.8. The molecule has 0 aliphatic heterocycles. The van der Waals surface area contributed by atoms with Gasteiger partial charge in [0.05, 0.1) is 19.7 Å². The number of rotatable bonds is 7. The molecule has 0 saturated heterocycles. The van der Waals surface area contributed by atoms with Gasteiger partial charge in [-0.3, -0.25) is 19.1 Å². The minimum absolute atomic E-state index is 0.00329. The molecule has 0 saturated carbocycles. The number of hydrogen-bond acceptors (Lipinski definition) is 6. The van der Waals surface area contributed by atoms with E-state index in [2.05, 4.69) is 10.3 Å². The third-order valence-corrected chi connectivity index (χ3v) is 3.08. The predicted octanol–water partition coefficient (Wildman–Crippen LogP) is -1.34. The molecular formula is C12H21N5O4. The molecule has 0 aromatic carbocycles. The van der Waals surface area contributed by atoms with Crippen LogP contribution in [-0.4, -0.2) is 54.2 Å². The molecule has 1 aromatic heterocycles. The number of nitrogens with zero attached hydrogens (tertiary/aromatic N) is 2. The third kappa shape index (κ3) is 4.09. The Morgan fingerprint density at radius 3 is 2.71 bits per heavy atom. The number of anilines is 2. The number of methoxy groups -OCH3 is 1. The number of aromatic amines is 1. The Morgan fingerprint density at radius 2 is 2.14 bits per heavy atom. The Balaban J connectivity index is 2.99. The van der Waals surface area contributed by atoms with Crippen LogP contribution in [0.25, 0.3) is 0 Å². The van der Waals surface area contributed by atoms with Crippen molar-refractivity contribution in [2.24, 2.45) is 0 Å². The van der Waals surface area contributed by atoms with Crippen LogP contribution in [0.3, 0.4) is 0 Å². The van der Waals surface area contributed by atoms with Crippen molar-refractivity contribution in [3.05, 3.63) is 20.8 Å². The highest BCUT2D eigenvalue weighted by Crippen LogP contribution is 2.09. The third-order valence-electron chi connectivity index (χ3n) is 3.08. The number of nitrogens with two attached hydrogens (primary N) is 1. The number of nitrogen functional groups attached to an aromatic ring is 1. The quantitative estimate of drug-likeness (QED) is 0.572. The molecule has 9 nitrogen and oxygen atoms in total. The topological polar surface area (TPSA) is 122 Å². The number of amides is 1. The first-order valence-corrected chi connectivity index (χ1v) is 6.51. The van der Waals surface area contributed by atoms with Gasteiger partial charge in [-0.25, -0.2) is 4.79 Å². The molecule has 21 heavy (non-hydrogen) atoms. The van der Waals surface area contributed by atoms with Crippen LogP contribution in [0.1, 0.15) is 6.92 Å². The maximum absolute atomic E-state index is 11.8. The highest BCUT2D eigenvalue weighted by molar-refractivity contribution is 5.81. The molecule has 1 heterocycles. The largest absolute Gasteiger partial charge is 0.383 e. The standard InChI is InChI=1S/C12H21N5O4/c1-4-16(2)8(18)7-14-9-10(13)17(5-6-21-3)12(20)15-11(9)19/h14H,4-7,13H2,1-3H3,(H,15,19,20). The molecular weight excluding hydrogens is 278 g/mol. The predicted molar refractivity (Wildman–Crippen MR) is 79.4 cm³/mol. The van der Waals surface area contributed by atoms with E-state index in [1.54, 1.807) is 7.05 Å². The Morgan fingerprint density at radius 1 is 1.48 bits per heavy atom. The van der Waals surface area contributed by atoms with Gasteiger partial charge in [-0.05, 0) is 6.92 Å². The van der Waals surface area contributed by atoms with Gasteiger partial charge in [-0.15, -0.1) is 0 Å². The summed E-state index contributed by atoms with van der Waals surface area (Å²) in [7, 11) is 3.14. The van der Waals surface area contributed by atoms with Gasteiger partial charge in [0.2, 0.25) is 5.91 Å². The lowest BCUT2D eigenvalue weighted by Crippen LogP contribution is -2.37. The average molecular weight is 299 g/mol. The first-order chi connectivity index (χ1) is 9.92. The van der Waals surface area contributed by atoms with Gasteiger partial charge < -0.3 is 20.7 Å². The lowest BCUT2D eigenvalue weighted by atomic mass is 10.4. The Kier molecular flexibility index (Phi) is 5.97. The van der Waals surface area contributed by atoms with E-state index in [1.165, 1.54) is 16.6 Å². The fourth-order valence-electron chi connectivity index (χ4n) is 1.64. The summed E-state index contributed by atoms with van der Waals surface area (Å²) in [5, 5.41) is 2.68. The number of ether oxygens (including phenoxy) is 1. The summed E-state index contributed by atoms with van der Waals surface area (Å²) in [5.41, 5.74) is 4.56. The second-order valence-corrected chi connectivity index (χ2v) is 4.43. The van der Waals surface area contributed by atoms with Gasteiger partial charge in [0.25, 0.3) is 5.56 Å². The maximum Gasteiger partial charge on any atom is 0.330 e. The molecule has 118 valence electrons. The average Bonchev–Trinajstić information content (AvgIpc) is 2.45. The second-order valence-electron chi connectivity index (χ2n) is 4.43. The van der Waals surface area contributed by atoms with Gasteiger partial charge in [0.15, 0.2) is 0 Å². The van der Waals surface area contributed by atoms with Crippen LogP contribution in [0, 0.1) is 0 Å². The van der Waals surface area contributed by atoms with Crippen LogP contribution in [0.4, 0.5) is 11.5 Å². The van der Waals surface area contributed by atoms with Gasteiger partial charge >= 0.3 is 5.69 Å². The number of hydrogen-bond donors (Lipinski definition) is 3. The SMILES string of the molecule is CCN(C)C(=O)CNc1c(N)n(CCOC)c(=O)[nH]c1=O. The van der Waals surface area contributed by atoms with Gasteiger partial charge in [-0.2, -0.15) is 0 Å². The number of aromatic nitrogens is 2. The number of carbonyl (C=O) groups excluding carboxylic acids is 1. The summed E-state index contributed by atoms with van der Waals surface area (Å²) in [5.74, 6) is -0.210. The minimum Gasteiger partial charge on any atom is -0.383 e. The summed E-state index contributed by atoms with van der Waals surface area (Å²) in [6.45, 7) is 2.78. The lowest BCUT2D eigenvalue weighted by Gasteiger charge is -2.17. The van der Waals surface area contributed by atoms with E-state index in [0.717, 1.165) is 0 Å². The minimum atomic E-state index is -0.655. The van der Waals surface area contributed by atoms with Crippen molar-refractivity contribution >= 4 is 17.4 Å². The Labute approximate surface area is 121 Å². The van der Waals surface area contributed by atoms with E-state index in [1.807, 2.05) is 6.92 Å². The molecule has 0 fully saturated rings. The number of H-pyrrole nitrogens is 1. The summed E-state index contributed by atoms with van der Waals surface area (Å²) in [6.07, 6.45) is 0.